The number of amides is 1. The maximum absolute atomic E-state index is 12.0. The van der Waals surface area contributed by atoms with Crippen LogP contribution in [0, 0.1) is 0 Å². The molecule has 1 aromatic rings. The van der Waals surface area contributed by atoms with Crippen LogP contribution in [-0.2, 0) is 16.0 Å². The van der Waals surface area contributed by atoms with Gasteiger partial charge < -0.3 is 10.0 Å². The fourth-order valence-corrected chi connectivity index (χ4v) is 2.36. The molecule has 0 aromatic heterocycles. The summed E-state index contributed by atoms with van der Waals surface area (Å²) in [5.41, 5.74) is 3.05. The summed E-state index contributed by atoms with van der Waals surface area (Å²) in [6.07, 6.45) is 3.62. The standard InChI is InChI=1S/C14H11NO3/c16-13-7-9-3-1-2-4-11(9)12-6-5-10(14(17)18)8-15(12)13/h1-6H,7-8H2,(H,17,18). The van der Waals surface area contributed by atoms with Gasteiger partial charge in [0.25, 0.3) is 0 Å². The summed E-state index contributed by atoms with van der Waals surface area (Å²) in [5.74, 6) is -1.02. The highest BCUT2D eigenvalue weighted by atomic mass is 16.4. The Morgan fingerprint density at radius 1 is 1.22 bits per heavy atom. The number of hydrogen-bond donors (Lipinski definition) is 1. The lowest BCUT2D eigenvalue weighted by atomic mass is 9.93. The van der Waals surface area contributed by atoms with Gasteiger partial charge in [-0.1, -0.05) is 24.3 Å². The van der Waals surface area contributed by atoms with E-state index in [-0.39, 0.29) is 18.0 Å². The SMILES string of the molecule is O=C(O)C1=CC=C2c3ccccc3CC(=O)N2C1. The third kappa shape index (κ3) is 1.54. The topological polar surface area (TPSA) is 57.6 Å². The average Bonchev–Trinajstić information content (AvgIpc) is 2.38. The van der Waals surface area contributed by atoms with Crippen molar-refractivity contribution in [1.82, 2.24) is 4.90 Å². The van der Waals surface area contributed by atoms with Crippen LogP contribution in [0.3, 0.4) is 0 Å². The number of hydrogen-bond acceptors (Lipinski definition) is 2. The average molecular weight is 241 g/mol. The Morgan fingerprint density at radius 3 is 2.78 bits per heavy atom. The van der Waals surface area contributed by atoms with E-state index in [1.807, 2.05) is 24.3 Å². The number of fused-ring (bicyclic) bond motifs is 3. The van der Waals surface area contributed by atoms with Crippen molar-refractivity contribution < 1.29 is 14.7 Å². The lowest BCUT2D eigenvalue weighted by Crippen LogP contribution is -2.38. The van der Waals surface area contributed by atoms with E-state index in [1.54, 1.807) is 17.1 Å². The maximum atomic E-state index is 12.0. The lowest BCUT2D eigenvalue weighted by molar-refractivity contribution is -0.133. The summed E-state index contributed by atoms with van der Waals surface area (Å²) in [4.78, 5) is 24.5. The molecule has 3 rings (SSSR count). The Kier molecular flexibility index (Phi) is 2.30. The van der Waals surface area contributed by atoms with E-state index in [0.717, 1.165) is 16.8 Å². The summed E-state index contributed by atoms with van der Waals surface area (Å²) in [5, 5.41) is 8.97. The van der Waals surface area contributed by atoms with Crippen molar-refractivity contribution >= 4 is 17.6 Å². The molecule has 18 heavy (non-hydrogen) atoms. The normalized spacial score (nSPS) is 17.6. The Hall–Kier alpha value is -2.36. The van der Waals surface area contributed by atoms with Gasteiger partial charge in [0.05, 0.1) is 24.2 Å². The molecule has 2 aliphatic heterocycles. The minimum absolute atomic E-state index is 0.0493. The molecule has 2 aliphatic rings. The maximum Gasteiger partial charge on any atom is 0.333 e. The molecule has 4 nitrogen and oxygen atoms in total. The number of nitrogens with zero attached hydrogens (tertiary/aromatic N) is 1. The minimum Gasteiger partial charge on any atom is -0.478 e. The van der Waals surface area contributed by atoms with Crippen LogP contribution in [0.1, 0.15) is 11.1 Å². The molecule has 4 heteroatoms. The predicted octanol–water partition coefficient (Wildman–Crippen LogP) is 1.44. The molecular formula is C14H11NO3. The summed E-state index contributed by atoms with van der Waals surface area (Å²) in [6, 6.07) is 7.72. The molecule has 90 valence electrons. The van der Waals surface area contributed by atoms with Gasteiger partial charge in [0.15, 0.2) is 0 Å². The number of carbonyl (C=O) groups excluding carboxylic acids is 1. The predicted molar refractivity (Wildman–Crippen MR) is 65.6 cm³/mol. The van der Waals surface area contributed by atoms with E-state index in [1.165, 1.54) is 0 Å². The van der Waals surface area contributed by atoms with Crippen LogP contribution < -0.4 is 0 Å². The largest absolute Gasteiger partial charge is 0.478 e. The van der Waals surface area contributed by atoms with Crippen LogP contribution in [0.25, 0.3) is 5.70 Å². The van der Waals surface area contributed by atoms with Crippen LogP contribution in [-0.4, -0.2) is 28.4 Å². The fourth-order valence-electron chi connectivity index (χ4n) is 2.36. The Balaban J connectivity index is 2.12. The molecule has 0 bridgehead atoms. The van der Waals surface area contributed by atoms with Crippen molar-refractivity contribution in [2.24, 2.45) is 0 Å². The van der Waals surface area contributed by atoms with E-state index < -0.39 is 5.97 Å². The summed E-state index contributed by atoms with van der Waals surface area (Å²) >= 11 is 0. The van der Waals surface area contributed by atoms with E-state index in [2.05, 4.69) is 0 Å². The number of carboxylic acids is 1. The Morgan fingerprint density at radius 2 is 2.00 bits per heavy atom. The second-order valence-electron chi connectivity index (χ2n) is 4.36. The summed E-state index contributed by atoms with van der Waals surface area (Å²) in [6.45, 7) is 0.147. The van der Waals surface area contributed by atoms with Crippen LogP contribution in [0.15, 0.2) is 42.0 Å². The number of carboxylic acid groups (broad SMARTS) is 1. The first-order valence-corrected chi connectivity index (χ1v) is 5.69. The number of aliphatic carboxylic acids is 1. The van der Waals surface area contributed by atoms with Crippen molar-refractivity contribution in [3.63, 3.8) is 0 Å². The molecule has 0 aliphatic carbocycles. The van der Waals surface area contributed by atoms with Gasteiger partial charge in [-0.2, -0.15) is 0 Å². The van der Waals surface area contributed by atoms with Crippen LogP contribution in [0.2, 0.25) is 0 Å². The number of carbonyl (C=O) groups is 2. The monoisotopic (exact) mass is 241 g/mol. The van der Waals surface area contributed by atoms with Crippen molar-refractivity contribution in [2.45, 2.75) is 6.42 Å². The van der Waals surface area contributed by atoms with Gasteiger partial charge in [0.2, 0.25) is 5.91 Å². The van der Waals surface area contributed by atoms with Gasteiger partial charge in [-0.25, -0.2) is 4.79 Å². The zero-order valence-corrected chi connectivity index (χ0v) is 9.59. The van der Waals surface area contributed by atoms with Gasteiger partial charge in [-0.3, -0.25) is 4.79 Å². The molecule has 0 fully saturated rings. The number of rotatable bonds is 1. The van der Waals surface area contributed by atoms with E-state index in [4.69, 9.17) is 5.11 Å². The first kappa shape index (κ1) is 10.8. The molecule has 0 saturated carbocycles. The highest BCUT2D eigenvalue weighted by Crippen LogP contribution is 2.32. The van der Waals surface area contributed by atoms with Crippen molar-refractivity contribution in [1.29, 1.82) is 0 Å². The molecule has 1 amide bonds. The summed E-state index contributed by atoms with van der Waals surface area (Å²) in [7, 11) is 0. The van der Waals surface area contributed by atoms with Gasteiger partial charge in [-0.15, -0.1) is 0 Å². The second kappa shape index (κ2) is 3.84. The zero-order valence-electron chi connectivity index (χ0n) is 9.59. The van der Waals surface area contributed by atoms with Crippen LogP contribution in [0.5, 0.6) is 0 Å². The third-order valence-electron chi connectivity index (χ3n) is 3.27. The quantitative estimate of drug-likeness (QED) is 0.809. The highest BCUT2D eigenvalue weighted by molar-refractivity contribution is 5.98. The fraction of sp³-hybridized carbons (Fsp3) is 0.143. The first-order valence-electron chi connectivity index (χ1n) is 5.69. The molecule has 0 saturated heterocycles. The Labute approximate surface area is 104 Å². The molecule has 1 aromatic carbocycles. The second-order valence-corrected chi connectivity index (χ2v) is 4.36. The smallest absolute Gasteiger partial charge is 0.333 e. The van der Waals surface area contributed by atoms with Crippen molar-refractivity contribution in [3.05, 3.63) is 53.1 Å². The van der Waals surface area contributed by atoms with Gasteiger partial charge >= 0.3 is 5.97 Å². The van der Waals surface area contributed by atoms with Crippen LogP contribution >= 0.6 is 0 Å². The summed E-state index contributed by atoms with van der Waals surface area (Å²) < 4.78 is 0. The molecule has 0 spiro atoms. The minimum atomic E-state index is -0.975. The zero-order chi connectivity index (χ0) is 12.7. The lowest BCUT2D eigenvalue weighted by Gasteiger charge is -2.33. The van der Waals surface area contributed by atoms with Gasteiger partial charge in [0.1, 0.15) is 0 Å². The van der Waals surface area contributed by atoms with Crippen molar-refractivity contribution in [3.8, 4) is 0 Å². The molecule has 1 N–H and O–H groups in total. The van der Waals surface area contributed by atoms with E-state index in [0.29, 0.717) is 6.42 Å². The molecular weight excluding hydrogens is 230 g/mol. The Bertz CT molecular complexity index is 613. The number of benzene rings is 1. The van der Waals surface area contributed by atoms with E-state index >= 15 is 0 Å². The van der Waals surface area contributed by atoms with E-state index in [9.17, 15) is 9.59 Å². The first-order chi connectivity index (χ1) is 8.66. The van der Waals surface area contributed by atoms with Gasteiger partial charge in [0, 0.05) is 5.56 Å². The van der Waals surface area contributed by atoms with Gasteiger partial charge in [-0.05, 0) is 17.7 Å². The highest BCUT2D eigenvalue weighted by Gasteiger charge is 2.30. The van der Waals surface area contributed by atoms with Crippen LogP contribution in [0.4, 0.5) is 0 Å². The molecule has 2 heterocycles. The third-order valence-corrected chi connectivity index (χ3v) is 3.27. The molecule has 0 unspecified atom stereocenters. The number of allylic oxidation sites excluding steroid dienone is 2. The van der Waals surface area contributed by atoms with Crippen molar-refractivity contribution in [2.75, 3.05) is 6.54 Å². The molecule has 0 atom stereocenters. The molecule has 0 radical (unpaired) electrons.